The van der Waals surface area contributed by atoms with E-state index in [0.29, 0.717) is 5.82 Å². The molecule has 0 fully saturated rings. The Balaban J connectivity index is 1.43. The molecule has 0 amide bonds. The molecule has 0 bridgehead atoms. The van der Waals surface area contributed by atoms with E-state index in [2.05, 4.69) is 124 Å². The zero-order valence-corrected chi connectivity index (χ0v) is 22.0. The van der Waals surface area contributed by atoms with Crippen molar-refractivity contribution in [2.45, 2.75) is 0 Å². The van der Waals surface area contributed by atoms with E-state index in [1.165, 1.54) is 21.8 Å². The van der Waals surface area contributed by atoms with Gasteiger partial charge < -0.3 is 4.57 Å². The normalized spacial score (nSPS) is 11.3. The number of rotatable bonds is 4. The van der Waals surface area contributed by atoms with Crippen LogP contribution >= 0.6 is 15.9 Å². The minimum absolute atomic E-state index is 0.701. The van der Waals surface area contributed by atoms with Gasteiger partial charge in [-0.15, -0.1) is 0 Å². The van der Waals surface area contributed by atoms with Crippen LogP contribution < -0.4 is 0 Å². The van der Waals surface area contributed by atoms with E-state index in [1.54, 1.807) is 0 Å². The Bertz CT molecular complexity index is 1870. The Kier molecular flexibility index (Phi) is 5.60. The predicted molar refractivity (Wildman–Crippen MR) is 160 cm³/mol. The van der Waals surface area contributed by atoms with Crippen LogP contribution in [0.25, 0.3) is 61.4 Å². The van der Waals surface area contributed by atoms with Crippen LogP contribution in [0, 0.1) is 0 Å². The van der Waals surface area contributed by atoms with E-state index in [-0.39, 0.29) is 0 Å². The highest BCUT2D eigenvalue weighted by molar-refractivity contribution is 9.10. The Labute approximate surface area is 229 Å². The summed E-state index contributed by atoms with van der Waals surface area (Å²) in [6.45, 7) is 0. The van der Waals surface area contributed by atoms with Gasteiger partial charge in [0.15, 0.2) is 5.82 Å². The third kappa shape index (κ3) is 4.00. The van der Waals surface area contributed by atoms with Crippen molar-refractivity contribution in [2.75, 3.05) is 0 Å². The molecule has 0 saturated heterocycles. The summed E-state index contributed by atoms with van der Waals surface area (Å²) in [6.07, 6.45) is 0. The molecule has 2 aromatic heterocycles. The second-order valence-corrected chi connectivity index (χ2v) is 10.2. The van der Waals surface area contributed by atoms with Gasteiger partial charge in [-0.05, 0) is 42.5 Å². The van der Waals surface area contributed by atoms with Crippen LogP contribution in [0.4, 0.5) is 0 Å². The molecule has 4 heteroatoms. The number of aromatic nitrogens is 3. The second-order valence-electron chi connectivity index (χ2n) is 9.25. The first-order valence-electron chi connectivity index (χ1n) is 12.5. The van der Waals surface area contributed by atoms with Gasteiger partial charge in [-0.25, -0.2) is 9.97 Å². The molecule has 0 aliphatic heterocycles. The lowest BCUT2D eigenvalue weighted by Gasteiger charge is -2.12. The molecule has 0 saturated carbocycles. The molecular formula is C34H22BrN3. The van der Waals surface area contributed by atoms with Gasteiger partial charge >= 0.3 is 0 Å². The average Bonchev–Trinajstić information content (AvgIpc) is 3.32. The van der Waals surface area contributed by atoms with Crippen LogP contribution in [-0.4, -0.2) is 14.5 Å². The van der Waals surface area contributed by atoms with Crippen molar-refractivity contribution in [1.82, 2.24) is 14.5 Å². The van der Waals surface area contributed by atoms with Gasteiger partial charge in [0, 0.05) is 37.6 Å². The molecule has 0 aliphatic carbocycles. The third-order valence-corrected chi connectivity index (χ3v) is 7.41. The van der Waals surface area contributed by atoms with Gasteiger partial charge in [0.1, 0.15) is 0 Å². The molecule has 7 rings (SSSR count). The molecule has 3 nitrogen and oxygen atoms in total. The fourth-order valence-corrected chi connectivity index (χ4v) is 5.35. The van der Waals surface area contributed by atoms with E-state index in [0.717, 1.165) is 38.2 Å². The SMILES string of the molecule is Brc1ccc(-c2cc(-c3ccccc3)nc(-c3cccc(-n4c5ccccc5c5ccccc54)c3)n2)cc1. The number of fused-ring (bicyclic) bond motifs is 3. The van der Waals surface area contributed by atoms with Crippen LogP contribution in [0.2, 0.25) is 0 Å². The van der Waals surface area contributed by atoms with E-state index in [1.807, 2.05) is 30.3 Å². The van der Waals surface area contributed by atoms with E-state index in [9.17, 15) is 0 Å². The molecule has 38 heavy (non-hydrogen) atoms. The third-order valence-electron chi connectivity index (χ3n) is 6.88. The second kappa shape index (κ2) is 9.40. The Morgan fingerprint density at radius 1 is 0.474 bits per heavy atom. The molecule has 0 N–H and O–H groups in total. The lowest BCUT2D eigenvalue weighted by Crippen LogP contribution is -1.98. The Hall–Kier alpha value is -4.54. The number of hydrogen-bond donors (Lipinski definition) is 0. The number of nitrogens with zero attached hydrogens (tertiary/aromatic N) is 3. The topological polar surface area (TPSA) is 30.7 Å². The summed E-state index contributed by atoms with van der Waals surface area (Å²) in [7, 11) is 0. The molecule has 0 unspecified atom stereocenters. The smallest absolute Gasteiger partial charge is 0.160 e. The minimum Gasteiger partial charge on any atom is -0.309 e. The first-order chi connectivity index (χ1) is 18.7. The summed E-state index contributed by atoms with van der Waals surface area (Å²) in [5.41, 5.74) is 8.32. The van der Waals surface area contributed by atoms with Crippen LogP contribution in [0.5, 0.6) is 0 Å². The molecule has 7 aromatic rings. The molecule has 0 spiro atoms. The van der Waals surface area contributed by atoms with Crippen LogP contribution in [0.3, 0.4) is 0 Å². The predicted octanol–water partition coefficient (Wildman–Crippen LogP) is 9.34. The van der Waals surface area contributed by atoms with Gasteiger partial charge in [-0.3, -0.25) is 0 Å². The summed E-state index contributed by atoms with van der Waals surface area (Å²) in [5.74, 6) is 0.701. The molecule has 5 aromatic carbocycles. The molecule has 180 valence electrons. The fraction of sp³-hybridized carbons (Fsp3) is 0. The first kappa shape index (κ1) is 22.6. The maximum atomic E-state index is 5.04. The molecule has 0 radical (unpaired) electrons. The van der Waals surface area contributed by atoms with Gasteiger partial charge in [0.25, 0.3) is 0 Å². The summed E-state index contributed by atoms with van der Waals surface area (Å²) < 4.78 is 3.36. The monoisotopic (exact) mass is 551 g/mol. The molecule has 0 aliphatic rings. The van der Waals surface area contributed by atoms with Crippen LogP contribution in [0.1, 0.15) is 0 Å². The van der Waals surface area contributed by atoms with Crippen molar-refractivity contribution in [1.29, 1.82) is 0 Å². The summed E-state index contributed by atoms with van der Waals surface area (Å²) in [6, 6.07) is 46.3. The van der Waals surface area contributed by atoms with E-state index in [4.69, 9.17) is 9.97 Å². The highest BCUT2D eigenvalue weighted by Crippen LogP contribution is 2.34. The summed E-state index contributed by atoms with van der Waals surface area (Å²) >= 11 is 3.55. The number of benzene rings is 5. The van der Waals surface area contributed by atoms with Gasteiger partial charge in [0.2, 0.25) is 0 Å². The maximum absolute atomic E-state index is 5.04. The zero-order valence-electron chi connectivity index (χ0n) is 20.4. The highest BCUT2D eigenvalue weighted by atomic mass is 79.9. The lowest BCUT2D eigenvalue weighted by molar-refractivity contribution is 1.16. The molecular weight excluding hydrogens is 530 g/mol. The van der Waals surface area contributed by atoms with Gasteiger partial charge in [-0.1, -0.05) is 107 Å². The van der Waals surface area contributed by atoms with Crippen molar-refractivity contribution in [3.8, 4) is 39.6 Å². The fourth-order valence-electron chi connectivity index (χ4n) is 5.09. The van der Waals surface area contributed by atoms with Crippen molar-refractivity contribution in [2.24, 2.45) is 0 Å². The van der Waals surface area contributed by atoms with E-state index < -0.39 is 0 Å². The molecule has 2 heterocycles. The van der Waals surface area contributed by atoms with Crippen molar-refractivity contribution >= 4 is 37.7 Å². The van der Waals surface area contributed by atoms with Gasteiger partial charge in [0.05, 0.1) is 22.4 Å². The van der Waals surface area contributed by atoms with Crippen LogP contribution in [0.15, 0.2) is 138 Å². The number of hydrogen-bond acceptors (Lipinski definition) is 2. The van der Waals surface area contributed by atoms with Crippen LogP contribution in [-0.2, 0) is 0 Å². The van der Waals surface area contributed by atoms with Crippen molar-refractivity contribution in [3.63, 3.8) is 0 Å². The standard InChI is InChI=1S/C34H22BrN3/c35-26-19-17-24(18-20-26)31-22-30(23-9-2-1-3-10-23)36-34(37-31)25-11-8-12-27(21-25)38-32-15-6-4-13-28(32)29-14-5-7-16-33(29)38/h1-22H. The minimum atomic E-state index is 0.701. The highest BCUT2D eigenvalue weighted by Gasteiger charge is 2.14. The summed E-state index contributed by atoms with van der Waals surface area (Å²) in [5, 5.41) is 2.49. The maximum Gasteiger partial charge on any atom is 0.160 e. The number of para-hydroxylation sites is 2. The summed E-state index contributed by atoms with van der Waals surface area (Å²) in [4.78, 5) is 10.1. The van der Waals surface area contributed by atoms with Crippen molar-refractivity contribution in [3.05, 3.63) is 138 Å². The quantitative estimate of drug-likeness (QED) is 0.218. The zero-order chi connectivity index (χ0) is 25.5. The Morgan fingerprint density at radius 2 is 1.03 bits per heavy atom. The first-order valence-corrected chi connectivity index (χ1v) is 13.3. The average molecular weight is 552 g/mol. The number of halogens is 1. The Morgan fingerprint density at radius 3 is 1.68 bits per heavy atom. The largest absolute Gasteiger partial charge is 0.309 e. The lowest BCUT2D eigenvalue weighted by atomic mass is 10.1. The van der Waals surface area contributed by atoms with E-state index >= 15 is 0 Å². The van der Waals surface area contributed by atoms with Crippen molar-refractivity contribution < 1.29 is 0 Å². The van der Waals surface area contributed by atoms with Gasteiger partial charge in [-0.2, -0.15) is 0 Å². The molecule has 0 atom stereocenters.